The Kier molecular flexibility index (Phi) is 4.18. The van der Waals surface area contributed by atoms with E-state index in [0.29, 0.717) is 5.69 Å². The Bertz CT molecular complexity index is 228. The number of aryl methyl sites for hydroxylation is 1. The molecule has 0 N–H and O–H groups in total. The Morgan fingerprint density at radius 3 is 2.27 bits per heavy atom. The van der Waals surface area contributed by atoms with Crippen LogP contribution in [0.1, 0.15) is 31.3 Å². The average Bonchev–Trinajstić information content (AvgIpc) is 2.40. The Balaban J connectivity index is 0.000000461. The Labute approximate surface area is 67.0 Å². The molecule has 0 spiro atoms. The van der Waals surface area contributed by atoms with E-state index >= 15 is 0 Å². The van der Waals surface area contributed by atoms with E-state index in [2.05, 4.69) is 5.10 Å². The van der Waals surface area contributed by atoms with E-state index < -0.39 is 0 Å². The van der Waals surface area contributed by atoms with Gasteiger partial charge in [0.1, 0.15) is 5.69 Å². The first-order valence-corrected chi connectivity index (χ1v) is 3.71. The van der Waals surface area contributed by atoms with Crippen LogP contribution in [0.2, 0.25) is 0 Å². The molecule has 0 aromatic carbocycles. The zero-order valence-electron chi connectivity index (χ0n) is 7.46. The van der Waals surface area contributed by atoms with Gasteiger partial charge in [-0.15, -0.1) is 0 Å². The van der Waals surface area contributed by atoms with E-state index in [4.69, 9.17) is 0 Å². The molecule has 0 amide bonds. The molecule has 0 aliphatic rings. The standard InChI is InChI=1S/C6H8N2O.C2H6/c1-5(9)6-3-4-8(2)7-6;1-2/h3-4H,1-2H3;1-2H3. The van der Waals surface area contributed by atoms with Crippen LogP contribution in [-0.4, -0.2) is 15.6 Å². The van der Waals surface area contributed by atoms with E-state index in [1.165, 1.54) is 6.92 Å². The fourth-order valence-electron chi connectivity index (χ4n) is 0.603. The van der Waals surface area contributed by atoms with Gasteiger partial charge in [0, 0.05) is 20.2 Å². The van der Waals surface area contributed by atoms with Crippen molar-refractivity contribution in [3.8, 4) is 0 Å². The molecule has 0 unspecified atom stereocenters. The van der Waals surface area contributed by atoms with Crippen molar-refractivity contribution in [1.29, 1.82) is 0 Å². The third-order valence-electron chi connectivity index (χ3n) is 1.07. The highest BCUT2D eigenvalue weighted by Gasteiger charge is 1.99. The van der Waals surface area contributed by atoms with Crippen molar-refractivity contribution in [3.05, 3.63) is 18.0 Å². The lowest BCUT2D eigenvalue weighted by Crippen LogP contribution is -1.95. The highest BCUT2D eigenvalue weighted by atomic mass is 16.1. The minimum absolute atomic E-state index is 0.00981. The summed E-state index contributed by atoms with van der Waals surface area (Å²) in [6, 6.07) is 1.70. The maximum Gasteiger partial charge on any atom is 0.179 e. The van der Waals surface area contributed by atoms with Gasteiger partial charge in [-0.1, -0.05) is 13.8 Å². The van der Waals surface area contributed by atoms with Gasteiger partial charge in [0.15, 0.2) is 5.78 Å². The van der Waals surface area contributed by atoms with E-state index in [-0.39, 0.29) is 5.78 Å². The zero-order valence-corrected chi connectivity index (χ0v) is 7.46. The number of hydrogen-bond donors (Lipinski definition) is 0. The molecule has 0 saturated carbocycles. The molecule has 0 bridgehead atoms. The third-order valence-corrected chi connectivity index (χ3v) is 1.07. The number of hydrogen-bond acceptors (Lipinski definition) is 2. The van der Waals surface area contributed by atoms with Crippen LogP contribution in [0.3, 0.4) is 0 Å². The minimum Gasteiger partial charge on any atom is -0.293 e. The molecule has 3 heteroatoms. The SMILES string of the molecule is CC.CC(=O)c1ccn(C)n1. The lowest BCUT2D eigenvalue weighted by Gasteiger charge is -1.83. The topological polar surface area (TPSA) is 34.9 Å². The van der Waals surface area contributed by atoms with Crippen molar-refractivity contribution in [3.63, 3.8) is 0 Å². The highest BCUT2D eigenvalue weighted by Crippen LogP contribution is 1.93. The van der Waals surface area contributed by atoms with Gasteiger partial charge in [-0.2, -0.15) is 5.10 Å². The number of carbonyl (C=O) groups is 1. The van der Waals surface area contributed by atoms with Crippen LogP contribution in [0.4, 0.5) is 0 Å². The summed E-state index contributed by atoms with van der Waals surface area (Å²) < 4.78 is 1.61. The summed E-state index contributed by atoms with van der Waals surface area (Å²) in [6.45, 7) is 5.50. The maximum absolute atomic E-state index is 10.6. The van der Waals surface area contributed by atoms with Crippen molar-refractivity contribution in [2.45, 2.75) is 20.8 Å². The summed E-state index contributed by atoms with van der Waals surface area (Å²) in [7, 11) is 1.78. The molecule has 0 aliphatic carbocycles. The van der Waals surface area contributed by atoms with Crippen LogP contribution >= 0.6 is 0 Å². The van der Waals surface area contributed by atoms with Crippen molar-refractivity contribution < 1.29 is 4.79 Å². The van der Waals surface area contributed by atoms with E-state index in [0.717, 1.165) is 0 Å². The molecule has 1 aromatic heterocycles. The van der Waals surface area contributed by atoms with Gasteiger partial charge < -0.3 is 0 Å². The molecular weight excluding hydrogens is 140 g/mol. The number of Topliss-reactive ketones (excluding diaryl/α,β-unsaturated/α-hetero) is 1. The predicted molar refractivity (Wildman–Crippen MR) is 44.6 cm³/mol. The fraction of sp³-hybridized carbons (Fsp3) is 0.500. The summed E-state index contributed by atoms with van der Waals surface area (Å²) in [5, 5.41) is 3.88. The van der Waals surface area contributed by atoms with Crippen molar-refractivity contribution in [2.24, 2.45) is 7.05 Å². The molecule has 0 atom stereocenters. The number of carbonyl (C=O) groups excluding carboxylic acids is 1. The Morgan fingerprint density at radius 2 is 2.09 bits per heavy atom. The summed E-state index contributed by atoms with van der Waals surface area (Å²) in [4.78, 5) is 10.6. The molecule has 1 rings (SSSR count). The fourth-order valence-corrected chi connectivity index (χ4v) is 0.603. The summed E-state index contributed by atoms with van der Waals surface area (Å²) in [5.74, 6) is 0.00981. The zero-order chi connectivity index (χ0) is 8.85. The third kappa shape index (κ3) is 2.98. The molecule has 0 aliphatic heterocycles. The number of rotatable bonds is 1. The van der Waals surface area contributed by atoms with Gasteiger partial charge in [-0.3, -0.25) is 9.48 Å². The number of ketones is 1. The van der Waals surface area contributed by atoms with Gasteiger partial charge in [-0.05, 0) is 6.07 Å². The smallest absolute Gasteiger partial charge is 0.179 e. The molecule has 1 aromatic rings. The first kappa shape index (κ1) is 9.88. The number of nitrogens with zero attached hydrogens (tertiary/aromatic N) is 2. The molecule has 0 saturated heterocycles. The van der Waals surface area contributed by atoms with E-state index in [1.807, 2.05) is 13.8 Å². The van der Waals surface area contributed by atoms with E-state index in [1.54, 1.807) is 24.0 Å². The van der Waals surface area contributed by atoms with Crippen LogP contribution in [0, 0.1) is 0 Å². The highest BCUT2D eigenvalue weighted by molar-refractivity contribution is 5.91. The number of aromatic nitrogens is 2. The van der Waals surface area contributed by atoms with Crippen molar-refractivity contribution >= 4 is 5.78 Å². The second-order valence-electron chi connectivity index (χ2n) is 1.93. The van der Waals surface area contributed by atoms with E-state index in [9.17, 15) is 4.79 Å². The molecule has 1 heterocycles. The van der Waals surface area contributed by atoms with Crippen LogP contribution < -0.4 is 0 Å². The first-order chi connectivity index (χ1) is 5.20. The van der Waals surface area contributed by atoms with Gasteiger partial charge in [-0.25, -0.2) is 0 Å². The lowest BCUT2D eigenvalue weighted by atomic mass is 10.3. The molecule has 3 nitrogen and oxygen atoms in total. The molecule has 0 fully saturated rings. The molecular formula is C8H14N2O. The van der Waals surface area contributed by atoms with Gasteiger partial charge in [0.2, 0.25) is 0 Å². The summed E-state index contributed by atoms with van der Waals surface area (Å²) >= 11 is 0. The van der Waals surface area contributed by atoms with Gasteiger partial charge >= 0.3 is 0 Å². The molecule has 62 valence electrons. The largest absolute Gasteiger partial charge is 0.293 e. The second kappa shape index (κ2) is 4.66. The average molecular weight is 154 g/mol. The van der Waals surface area contributed by atoms with Crippen LogP contribution in [0.15, 0.2) is 12.3 Å². The molecule has 0 radical (unpaired) electrons. The second-order valence-corrected chi connectivity index (χ2v) is 1.93. The predicted octanol–water partition coefficient (Wildman–Crippen LogP) is 1.65. The van der Waals surface area contributed by atoms with Gasteiger partial charge in [0.05, 0.1) is 0 Å². The van der Waals surface area contributed by atoms with Gasteiger partial charge in [0.25, 0.3) is 0 Å². The lowest BCUT2D eigenvalue weighted by molar-refractivity contribution is 0.101. The quantitative estimate of drug-likeness (QED) is 0.576. The maximum atomic E-state index is 10.6. The minimum atomic E-state index is 0.00981. The normalized spacial score (nSPS) is 8.36. The monoisotopic (exact) mass is 154 g/mol. The first-order valence-electron chi connectivity index (χ1n) is 3.71. The van der Waals surface area contributed by atoms with Crippen LogP contribution in [-0.2, 0) is 7.05 Å². The van der Waals surface area contributed by atoms with Crippen LogP contribution in [0.25, 0.3) is 0 Å². The van der Waals surface area contributed by atoms with Crippen molar-refractivity contribution in [1.82, 2.24) is 9.78 Å². The van der Waals surface area contributed by atoms with Crippen LogP contribution in [0.5, 0.6) is 0 Å². The summed E-state index contributed by atoms with van der Waals surface area (Å²) in [6.07, 6.45) is 1.75. The Hall–Kier alpha value is -1.12. The van der Waals surface area contributed by atoms with Crippen molar-refractivity contribution in [2.75, 3.05) is 0 Å². The Morgan fingerprint density at radius 1 is 1.55 bits per heavy atom. The molecule has 11 heavy (non-hydrogen) atoms. The summed E-state index contributed by atoms with van der Waals surface area (Å²) in [5.41, 5.74) is 0.525.